The lowest BCUT2D eigenvalue weighted by Gasteiger charge is -2.64. The van der Waals surface area contributed by atoms with Crippen molar-refractivity contribution < 1.29 is 0 Å². The second kappa shape index (κ2) is 4.23. The normalized spacial score (nSPS) is 46.7. The van der Waals surface area contributed by atoms with Gasteiger partial charge in [0.25, 0.3) is 0 Å². The third-order valence-electron chi connectivity index (χ3n) is 6.79. The molecule has 0 aromatic carbocycles. The van der Waals surface area contributed by atoms with Crippen LogP contribution in [0, 0.1) is 34.5 Å². The van der Waals surface area contributed by atoms with E-state index in [4.69, 9.17) is 0 Å². The first-order valence-electron chi connectivity index (χ1n) is 8.10. The summed E-state index contributed by atoms with van der Waals surface area (Å²) in [6, 6.07) is 0. The van der Waals surface area contributed by atoms with Crippen molar-refractivity contribution >= 4 is 0 Å². The van der Waals surface area contributed by atoms with Crippen molar-refractivity contribution in [3.8, 4) is 0 Å². The van der Waals surface area contributed by atoms with E-state index < -0.39 is 0 Å². The van der Waals surface area contributed by atoms with Crippen LogP contribution in [0.5, 0.6) is 0 Å². The zero-order valence-electron chi connectivity index (χ0n) is 12.8. The molecule has 0 radical (unpaired) electrons. The van der Waals surface area contributed by atoms with Crippen LogP contribution in [-0.4, -0.2) is 13.6 Å². The summed E-state index contributed by atoms with van der Waals surface area (Å²) in [5.41, 5.74) is 1.22. The van der Waals surface area contributed by atoms with Crippen LogP contribution in [0.15, 0.2) is 0 Å². The van der Waals surface area contributed by atoms with Crippen molar-refractivity contribution in [2.75, 3.05) is 13.6 Å². The number of hydrogen-bond acceptors (Lipinski definition) is 1. The molecular weight excluding hydrogens is 218 g/mol. The van der Waals surface area contributed by atoms with Gasteiger partial charge >= 0.3 is 0 Å². The SMILES string of the molecule is CNCCC1C2CC3CC1CC(C(C)(C)C)(C3)C2. The molecule has 4 saturated carbocycles. The molecule has 0 aliphatic heterocycles. The number of rotatable bonds is 3. The van der Waals surface area contributed by atoms with Gasteiger partial charge in [-0.2, -0.15) is 0 Å². The van der Waals surface area contributed by atoms with E-state index in [-0.39, 0.29) is 0 Å². The average Bonchev–Trinajstić information content (AvgIpc) is 2.26. The lowest BCUT2D eigenvalue weighted by Crippen LogP contribution is -2.55. The molecule has 4 aliphatic rings. The van der Waals surface area contributed by atoms with E-state index in [1.165, 1.54) is 25.8 Å². The fourth-order valence-corrected chi connectivity index (χ4v) is 5.83. The van der Waals surface area contributed by atoms with E-state index in [0.717, 1.165) is 23.7 Å². The van der Waals surface area contributed by atoms with Gasteiger partial charge in [-0.05, 0) is 86.6 Å². The fraction of sp³-hybridized carbons (Fsp3) is 1.00. The van der Waals surface area contributed by atoms with Crippen molar-refractivity contribution in [1.82, 2.24) is 5.32 Å². The zero-order chi connectivity index (χ0) is 13.0. The van der Waals surface area contributed by atoms with Crippen LogP contribution in [-0.2, 0) is 0 Å². The van der Waals surface area contributed by atoms with E-state index in [1.807, 2.05) is 0 Å². The highest BCUT2D eigenvalue weighted by Crippen LogP contribution is 2.67. The Morgan fingerprint density at radius 3 is 2.17 bits per heavy atom. The zero-order valence-corrected chi connectivity index (χ0v) is 12.8. The molecule has 4 aliphatic carbocycles. The average molecular weight is 249 g/mol. The van der Waals surface area contributed by atoms with Gasteiger partial charge in [0.2, 0.25) is 0 Å². The third-order valence-corrected chi connectivity index (χ3v) is 6.79. The molecule has 2 atom stereocenters. The van der Waals surface area contributed by atoms with Crippen molar-refractivity contribution in [1.29, 1.82) is 0 Å². The lowest BCUT2D eigenvalue weighted by atomic mass is 9.41. The molecule has 4 bridgehead atoms. The van der Waals surface area contributed by atoms with Crippen molar-refractivity contribution in [2.24, 2.45) is 34.5 Å². The van der Waals surface area contributed by atoms with Crippen molar-refractivity contribution in [3.63, 3.8) is 0 Å². The molecule has 0 spiro atoms. The highest BCUT2D eigenvalue weighted by atomic mass is 14.8. The molecule has 0 heterocycles. The molecule has 4 rings (SSSR count). The molecule has 0 aromatic rings. The molecule has 1 N–H and O–H groups in total. The monoisotopic (exact) mass is 249 g/mol. The van der Waals surface area contributed by atoms with Gasteiger partial charge < -0.3 is 5.32 Å². The standard InChI is InChI=1S/C17H31N/c1-16(2,3)17-9-12-7-13(10-17)15(5-6-18-4)14(8-12)11-17/h12-15,18H,5-11H2,1-4H3. The summed E-state index contributed by atoms with van der Waals surface area (Å²) in [6.07, 6.45) is 9.17. The quantitative estimate of drug-likeness (QED) is 0.794. The maximum Gasteiger partial charge on any atom is -0.00491 e. The van der Waals surface area contributed by atoms with Crippen LogP contribution in [0.25, 0.3) is 0 Å². The van der Waals surface area contributed by atoms with Crippen LogP contribution < -0.4 is 5.32 Å². The van der Waals surface area contributed by atoms with Gasteiger partial charge in [-0.15, -0.1) is 0 Å². The number of nitrogens with one attached hydrogen (secondary N) is 1. The molecule has 4 fully saturated rings. The minimum Gasteiger partial charge on any atom is -0.320 e. The minimum absolute atomic E-state index is 0.524. The Morgan fingerprint density at radius 1 is 1.06 bits per heavy atom. The van der Waals surface area contributed by atoms with E-state index in [2.05, 4.69) is 33.1 Å². The molecule has 104 valence electrons. The summed E-state index contributed by atoms with van der Waals surface area (Å²) in [5, 5.41) is 3.37. The number of hydrogen-bond donors (Lipinski definition) is 1. The Bertz CT molecular complexity index is 298. The summed E-state index contributed by atoms with van der Waals surface area (Å²) in [5.74, 6) is 4.24. The molecule has 0 amide bonds. The lowest BCUT2D eigenvalue weighted by molar-refractivity contribution is -0.145. The van der Waals surface area contributed by atoms with Gasteiger partial charge in [-0.25, -0.2) is 0 Å². The maximum absolute atomic E-state index is 3.37. The molecule has 18 heavy (non-hydrogen) atoms. The van der Waals surface area contributed by atoms with Gasteiger partial charge in [0, 0.05) is 0 Å². The largest absolute Gasteiger partial charge is 0.320 e. The van der Waals surface area contributed by atoms with Gasteiger partial charge in [-0.1, -0.05) is 20.8 Å². The van der Waals surface area contributed by atoms with Gasteiger partial charge in [0.1, 0.15) is 0 Å². The van der Waals surface area contributed by atoms with Crippen LogP contribution in [0.1, 0.15) is 59.3 Å². The van der Waals surface area contributed by atoms with Crippen LogP contribution in [0.3, 0.4) is 0 Å². The predicted molar refractivity (Wildman–Crippen MR) is 77.5 cm³/mol. The molecule has 0 saturated heterocycles. The summed E-state index contributed by atoms with van der Waals surface area (Å²) in [4.78, 5) is 0. The molecule has 1 heteroatoms. The molecular formula is C17H31N. The highest BCUT2D eigenvalue weighted by Gasteiger charge is 2.58. The van der Waals surface area contributed by atoms with Crippen molar-refractivity contribution in [2.45, 2.75) is 59.3 Å². The summed E-state index contributed by atoms with van der Waals surface area (Å²) < 4.78 is 0. The highest BCUT2D eigenvalue weighted by molar-refractivity contribution is 5.08. The van der Waals surface area contributed by atoms with Gasteiger partial charge in [0.05, 0.1) is 0 Å². The van der Waals surface area contributed by atoms with Gasteiger partial charge in [0.15, 0.2) is 0 Å². The maximum atomic E-state index is 3.37. The third kappa shape index (κ3) is 1.85. The Hall–Kier alpha value is -0.0400. The molecule has 0 aromatic heterocycles. The Kier molecular flexibility index (Phi) is 3.05. The summed E-state index contributed by atoms with van der Waals surface area (Å²) in [6.45, 7) is 8.74. The Morgan fingerprint density at radius 2 is 1.67 bits per heavy atom. The second-order valence-electron chi connectivity index (χ2n) is 8.56. The molecule has 2 unspecified atom stereocenters. The van der Waals surface area contributed by atoms with Gasteiger partial charge in [-0.3, -0.25) is 0 Å². The van der Waals surface area contributed by atoms with E-state index in [9.17, 15) is 0 Å². The first kappa shape index (κ1) is 13.0. The fourth-order valence-electron chi connectivity index (χ4n) is 5.83. The van der Waals surface area contributed by atoms with E-state index in [0.29, 0.717) is 10.8 Å². The minimum atomic E-state index is 0.524. The topological polar surface area (TPSA) is 12.0 Å². The van der Waals surface area contributed by atoms with E-state index >= 15 is 0 Å². The van der Waals surface area contributed by atoms with E-state index in [1.54, 1.807) is 19.3 Å². The Balaban J connectivity index is 1.80. The first-order chi connectivity index (χ1) is 8.45. The summed E-state index contributed by atoms with van der Waals surface area (Å²) >= 11 is 0. The smallest absolute Gasteiger partial charge is 0.00491 e. The van der Waals surface area contributed by atoms with Crippen LogP contribution in [0.4, 0.5) is 0 Å². The van der Waals surface area contributed by atoms with Crippen LogP contribution in [0.2, 0.25) is 0 Å². The predicted octanol–water partition coefficient (Wildman–Crippen LogP) is 4.08. The van der Waals surface area contributed by atoms with Crippen molar-refractivity contribution in [3.05, 3.63) is 0 Å². The summed E-state index contributed by atoms with van der Waals surface area (Å²) in [7, 11) is 2.10. The first-order valence-corrected chi connectivity index (χ1v) is 8.10. The Labute approximate surface area is 113 Å². The molecule has 1 nitrogen and oxygen atoms in total. The van der Waals surface area contributed by atoms with Crippen LogP contribution >= 0.6 is 0 Å². The second-order valence-corrected chi connectivity index (χ2v) is 8.56.